The molecule has 5 heteroatoms. The lowest BCUT2D eigenvalue weighted by atomic mass is 9.97. The Morgan fingerprint density at radius 3 is 2.95 bits per heavy atom. The van der Waals surface area contributed by atoms with Gasteiger partial charge in [0.1, 0.15) is 5.69 Å². The van der Waals surface area contributed by atoms with Crippen LogP contribution in [0.3, 0.4) is 0 Å². The monoisotopic (exact) mass is 303 g/mol. The Balaban J connectivity index is 1.88. The maximum atomic E-state index is 12.1. The minimum Gasteiger partial charge on any atom is -0.350 e. The van der Waals surface area contributed by atoms with Crippen molar-refractivity contribution in [3.05, 3.63) is 39.8 Å². The van der Waals surface area contributed by atoms with E-state index >= 15 is 0 Å². The predicted molar refractivity (Wildman–Crippen MR) is 86.9 cm³/mol. The molecule has 0 aromatic carbocycles. The Labute approximate surface area is 131 Å². The fourth-order valence-electron chi connectivity index (χ4n) is 2.60. The fourth-order valence-corrected chi connectivity index (χ4v) is 2.60. The van der Waals surface area contributed by atoms with Crippen molar-refractivity contribution in [2.45, 2.75) is 58.4 Å². The molecule has 1 amide bonds. The summed E-state index contributed by atoms with van der Waals surface area (Å²) in [6, 6.07) is 2.92. The van der Waals surface area contributed by atoms with Crippen LogP contribution in [0.25, 0.3) is 0 Å². The van der Waals surface area contributed by atoms with Crippen LogP contribution >= 0.6 is 0 Å². The second kappa shape index (κ2) is 8.51. The van der Waals surface area contributed by atoms with Crippen molar-refractivity contribution >= 4 is 5.91 Å². The maximum Gasteiger partial charge on any atom is 0.271 e. The molecule has 0 bridgehead atoms. The van der Waals surface area contributed by atoms with Gasteiger partial charge < -0.3 is 5.32 Å². The van der Waals surface area contributed by atoms with Gasteiger partial charge in [-0.25, -0.2) is 4.68 Å². The van der Waals surface area contributed by atoms with Crippen LogP contribution in [0.4, 0.5) is 0 Å². The Morgan fingerprint density at radius 1 is 1.36 bits per heavy atom. The van der Waals surface area contributed by atoms with Crippen LogP contribution in [0.2, 0.25) is 0 Å². The number of allylic oxidation sites excluding steroid dienone is 1. The maximum absolute atomic E-state index is 12.1. The number of carbonyl (C=O) groups excluding carboxylic acids is 1. The molecule has 2 rings (SSSR count). The first kappa shape index (κ1) is 16.5. The van der Waals surface area contributed by atoms with Gasteiger partial charge in [0.15, 0.2) is 0 Å². The van der Waals surface area contributed by atoms with Gasteiger partial charge in [0.05, 0.1) is 0 Å². The molecule has 0 fully saturated rings. The normalized spacial score (nSPS) is 14.5. The van der Waals surface area contributed by atoms with E-state index in [1.807, 2.05) is 0 Å². The number of nitrogens with one attached hydrogen (secondary N) is 1. The smallest absolute Gasteiger partial charge is 0.271 e. The van der Waals surface area contributed by atoms with Gasteiger partial charge in [-0.15, -0.1) is 0 Å². The Kier molecular flexibility index (Phi) is 6.37. The number of amides is 1. The third kappa shape index (κ3) is 4.83. The second-order valence-corrected chi connectivity index (χ2v) is 5.75. The van der Waals surface area contributed by atoms with E-state index in [0.717, 1.165) is 32.1 Å². The van der Waals surface area contributed by atoms with Crippen LogP contribution in [-0.4, -0.2) is 22.2 Å². The first-order valence-electron chi connectivity index (χ1n) is 8.25. The van der Waals surface area contributed by atoms with E-state index in [2.05, 4.69) is 23.4 Å². The van der Waals surface area contributed by atoms with Gasteiger partial charge in [-0.3, -0.25) is 9.59 Å². The summed E-state index contributed by atoms with van der Waals surface area (Å²) in [4.78, 5) is 23.8. The quantitative estimate of drug-likeness (QED) is 0.788. The zero-order valence-electron chi connectivity index (χ0n) is 13.3. The minimum absolute atomic E-state index is 0.155. The summed E-state index contributed by atoms with van der Waals surface area (Å²) in [5, 5.41) is 7.04. The molecule has 1 heterocycles. The van der Waals surface area contributed by atoms with Gasteiger partial charge >= 0.3 is 0 Å². The summed E-state index contributed by atoms with van der Waals surface area (Å²) in [5.41, 5.74) is 1.60. The summed E-state index contributed by atoms with van der Waals surface area (Å²) in [6.07, 6.45) is 9.90. The van der Waals surface area contributed by atoms with E-state index in [9.17, 15) is 9.59 Å². The van der Waals surface area contributed by atoms with Gasteiger partial charge in [0, 0.05) is 19.2 Å². The Morgan fingerprint density at radius 2 is 2.23 bits per heavy atom. The van der Waals surface area contributed by atoms with E-state index in [-0.39, 0.29) is 11.5 Å². The molecule has 0 aliphatic heterocycles. The largest absolute Gasteiger partial charge is 0.350 e. The van der Waals surface area contributed by atoms with Gasteiger partial charge in [0.2, 0.25) is 0 Å². The number of hydrogen-bond acceptors (Lipinski definition) is 3. The van der Waals surface area contributed by atoms with E-state index in [1.165, 1.54) is 35.2 Å². The van der Waals surface area contributed by atoms with Crippen LogP contribution in [0, 0.1) is 0 Å². The van der Waals surface area contributed by atoms with Crippen LogP contribution in [0.15, 0.2) is 28.6 Å². The number of nitrogens with zero attached hydrogens (tertiary/aromatic N) is 2. The molecule has 1 aliphatic carbocycles. The summed E-state index contributed by atoms with van der Waals surface area (Å²) < 4.78 is 1.38. The van der Waals surface area contributed by atoms with E-state index in [0.29, 0.717) is 18.8 Å². The van der Waals surface area contributed by atoms with Crippen molar-refractivity contribution in [2.75, 3.05) is 6.54 Å². The van der Waals surface area contributed by atoms with Crippen molar-refractivity contribution < 1.29 is 4.79 Å². The van der Waals surface area contributed by atoms with Crippen molar-refractivity contribution in [1.82, 2.24) is 15.1 Å². The van der Waals surface area contributed by atoms with E-state index in [1.54, 1.807) is 0 Å². The molecular formula is C17H25N3O2. The lowest BCUT2D eigenvalue weighted by Crippen LogP contribution is -2.30. The molecule has 0 saturated heterocycles. The fraction of sp³-hybridized carbons (Fsp3) is 0.588. The topological polar surface area (TPSA) is 64.0 Å². The molecule has 0 spiro atoms. The molecule has 1 aromatic rings. The molecule has 0 unspecified atom stereocenters. The van der Waals surface area contributed by atoms with Gasteiger partial charge in [-0.1, -0.05) is 25.0 Å². The first-order valence-corrected chi connectivity index (χ1v) is 8.25. The molecule has 1 aromatic heterocycles. The molecule has 1 aliphatic rings. The van der Waals surface area contributed by atoms with Gasteiger partial charge in [-0.2, -0.15) is 5.10 Å². The van der Waals surface area contributed by atoms with Crippen LogP contribution < -0.4 is 10.9 Å². The molecule has 22 heavy (non-hydrogen) atoms. The summed E-state index contributed by atoms with van der Waals surface area (Å²) >= 11 is 0. The standard InChI is InChI=1S/C17H25N3O2/c1-2-3-13-20-16(21)10-9-15(19-20)17(22)18-12-11-14-7-5-4-6-8-14/h7,9-10H,2-6,8,11-13H2,1H3,(H,18,22). The van der Waals surface area contributed by atoms with Crippen molar-refractivity contribution in [3.63, 3.8) is 0 Å². The number of rotatable bonds is 7. The second-order valence-electron chi connectivity index (χ2n) is 5.75. The number of hydrogen-bond donors (Lipinski definition) is 1. The summed E-state index contributed by atoms with van der Waals surface area (Å²) in [6.45, 7) is 3.24. The number of aryl methyl sites for hydroxylation is 1. The molecule has 1 N–H and O–H groups in total. The number of carbonyl (C=O) groups is 1. The Hall–Kier alpha value is -1.91. The van der Waals surface area contributed by atoms with Crippen molar-refractivity contribution in [1.29, 1.82) is 0 Å². The van der Waals surface area contributed by atoms with Gasteiger partial charge in [0.25, 0.3) is 11.5 Å². The zero-order chi connectivity index (χ0) is 15.8. The molecule has 0 radical (unpaired) electrons. The Bertz CT molecular complexity index is 590. The van der Waals surface area contributed by atoms with E-state index < -0.39 is 0 Å². The highest BCUT2D eigenvalue weighted by atomic mass is 16.2. The molecule has 0 atom stereocenters. The summed E-state index contributed by atoms with van der Waals surface area (Å²) in [5.74, 6) is -0.207. The van der Waals surface area contributed by atoms with Gasteiger partial charge in [-0.05, 0) is 44.6 Å². The highest BCUT2D eigenvalue weighted by Crippen LogP contribution is 2.19. The van der Waals surface area contributed by atoms with Crippen LogP contribution in [0.1, 0.15) is 62.4 Å². The van der Waals surface area contributed by atoms with Crippen molar-refractivity contribution in [2.24, 2.45) is 0 Å². The predicted octanol–water partition coefficient (Wildman–Crippen LogP) is 2.66. The molecule has 5 nitrogen and oxygen atoms in total. The molecule has 120 valence electrons. The number of aromatic nitrogens is 2. The van der Waals surface area contributed by atoms with Crippen LogP contribution in [0.5, 0.6) is 0 Å². The first-order chi connectivity index (χ1) is 10.7. The number of unbranched alkanes of at least 4 members (excludes halogenated alkanes) is 1. The average molecular weight is 303 g/mol. The SMILES string of the molecule is CCCCn1nc(C(=O)NCCC2=CCCCC2)ccc1=O. The molecular weight excluding hydrogens is 278 g/mol. The highest BCUT2D eigenvalue weighted by Gasteiger charge is 2.10. The molecule has 0 saturated carbocycles. The zero-order valence-corrected chi connectivity index (χ0v) is 13.3. The lowest BCUT2D eigenvalue weighted by Gasteiger charge is -2.13. The summed E-state index contributed by atoms with van der Waals surface area (Å²) in [7, 11) is 0. The third-order valence-electron chi connectivity index (χ3n) is 3.94. The van der Waals surface area contributed by atoms with Crippen LogP contribution in [-0.2, 0) is 6.54 Å². The third-order valence-corrected chi connectivity index (χ3v) is 3.94. The van der Waals surface area contributed by atoms with Crippen molar-refractivity contribution in [3.8, 4) is 0 Å². The minimum atomic E-state index is -0.207. The lowest BCUT2D eigenvalue weighted by molar-refractivity contribution is 0.0946. The highest BCUT2D eigenvalue weighted by molar-refractivity contribution is 5.91. The average Bonchev–Trinajstić information content (AvgIpc) is 2.55. The van der Waals surface area contributed by atoms with E-state index in [4.69, 9.17) is 0 Å².